The summed E-state index contributed by atoms with van der Waals surface area (Å²) in [6.07, 6.45) is 7.11. The van der Waals surface area contributed by atoms with Gasteiger partial charge in [0, 0.05) is 19.3 Å². The number of rotatable bonds is 4. The summed E-state index contributed by atoms with van der Waals surface area (Å²) < 4.78 is 0. The van der Waals surface area contributed by atoms with E-state index in [0.29, 0.717) is 18.0 Å². The van der Waals surface area contributed by atoms with Crippen molar-refractivity contribution in [3.63, 3.8) is 0 Å². The van der Waals surface area contributed by atoms with Gasteiger partial charge in [-0.1, -0.05) is 12.8 Å². The van der Waals surface area contributed by atoms with Crippen molar-refractivity contribution in [1.29, 1.82) is 0 Å². The zero-order chi connectivity index (χ0) is 13.0. The number of pyridine rings is 1. The van der Waals surface area contributed by atoms with Gasteiger partial charge >= 0.3 is 0 Å². The predicted octanol–water partition coefficient (Wildman–Crippen LogP) is 1.85. The van der Waals surface area contributed by atoms with Gasteiger partial charge in [0.25, 0.3) is 0 Å². The van der Waals surface area contributed by atoms with Crippen LogP contribution in [-0.2, 0) is 11.2 Å². The van der Waals surface area contributed by atoms with Crippen molar-refractivity contribution >= 4 is 11.6 Å². The van der Waals surface area contributed by atoms with Gasteiger partial charge in [0.05, 0.1) is 18.3 Å². The number of hydrogen-bond acceptors (Lipinski definition) is 3. The van der Waals surface area contributed by atoms with Crippen LogP contribution >= 0.6 is 0 Å². The Morgan fingerprint density at radius 3 is 2.78 bits per heavy atom. The smallest absolute Gasteiger partial charge is 0.228 e. The Hall–Kier alpha value is -1.58. The van der Waals surface area contributed by atoms with E-state index in [2.05, 4.69) is 4.98 Å². The van der Waals surface area contributed by atoms with Gasteiger partial charge in [0.1, 0.15) is 0 Å². The van der Waals surface area contributed by atoms with Crippen LogP contribution in [0.4, 0.5) is 5.69 Å². The molecule has 1 aromatic rings. The van der Waals surface area contributed by atoms with Crippen molar-refractivity contribution < 1.29 is 4.79 Å². The number of anilines is 1. The summed E-state index contributed by atoms with van der Waals surface area (Å²) >= 11 is 0. The van der Waals surface area contributed by atoms with Crippen molar-refractivity contribution in [3.8, 4) is 0 Å². The Balaban J connectivity index is 1.84. The average molecular weight is 247 g/mol. The first-order valence-corrected chi connectivity index (χ1v) is 6.59. The Labute approximate surface area is 108 Å². The molecule has 1 aliphatic carbocycles. The van der Waals surface area contributed by atoms with Crippen LogP contribution in [0.25, 0.3) is 0 Å². The molecule has 0 spiro atoms. The second kappa shape index (κ2) is 5.85. The van der Waals surface area contributed by atoms with E-state index in [1.54, 1.807) is 12.3 Å². The highest BCUT2D eigenvalue weighted by Crippen LogP contribution is 2.25. The van der Waals surface area contributed by atoms with Gasteiger partial charge in [-0.2, -0.15) is 0 Å². The normalized spacial score (nSPS) is 15.8. The van der Waals surface area contributed by atoms with Crippen molar-refractivity contribution in [2.75, 3.05) is 19.3 Å². The van der Waals surface area contributed by atoms with Crippen LogP contribution in [0.1, 0.15) is 31.4 Å². The molecule has 0 radical (unpaired) electrons. The standard InChI is InChI=1S/C14H21N3O/c1-17(10-11-4-2-3-5-11)14(18)8-13-7-6-12(15)9-16-13/h6-7,9,11H,2-5,8,10,15H2,1H3. The fourth-order valence-corrected chi connectivity index (χ4v) is 2.51. The van der Waals surface area contributed by atoms with Crippen LogP contribution < -0.4 is 5.73 Å². The third-order valence-electron chi connectivity index (χ3n) is 3.61. The van der Waals surface area contributed by atoms with Crippen LogP contribution in [0.3, 0.4) is 0 Å². The van der Waals surface area contributed by atoms with Crippen LogP contribution in [0.5, 0.6) is 0 Å². The number of nitrogens with two attached hydrogens (primary N) is 1. The van der Waals surface area contributed by atoms with E-state index in [1.807, 2.05) is 18.0 Å². The zero-order valence-corrected chi connectivity index (χ0v) is 10.9. The lowest BCUT2D eigenvalue weighted by Gasteiger charge is -2.21. The maximum Gasteiger partial charge on any atom is 0.228 e. The molecule has 0 unspecified atom stereocenters. The van der Waals surface area contributed by atoms with Crippen molar-refractivity contribution in [2.24, 2.45) is 5.92 Å². The van der Waals surface area contributed by atoms with E-state index >= 15 is 0 Å². The van der Waals surface area contributed by atoms with E-state index in [1.165, 1.54) is 25.7 Å². The zero-order valence-electron chi connectivity index (χ0n) is 10.9. The minimum Gasteiger partial charge on any atom is -0.397 e. The number of carbonyl (C=O) groups excluding carboxylic acids is 1. The first-order chi connectivity index (χ1) is 8.65. The molecule has 1 fully saturated rings. The highest BCUT2D eigenvalue weighted by Gasteiger charge is 2.19. The number of nitrogen functional groups attached to an aromatic ring is 1. The maximum atomic E-state index is 12.0. The molecule has 0 aromatic carbocycles. The van der Waals surface area contributed by atoms with E-state index in [4.69, 9.17) is 5.73 Å². The monoisotopic (exact) mass is 247 g/mol. The molecule has 0 bridgehead atoms. The number of aromatic nitrogens is 1. The highest BCUT2D eigenvalue weighted by atomic mass is 16.2. The molecule has 18 heavy (non-hydrogen) atoms. The maximum absolute atomic E-state index is 12.0. The van der Waals surface area contributed by atoms with Gasteiger partial charge in [0.15, 0.2) is 0 Å². The van der Waals surface area contributed by atoms with Gasteiger partial charge in [-0.05, 0) is 30.9 Å². The summed E-state index contributed by atoms with van der Waals surface area (Å²) in [5, 5.41) is 0. The fourth-order valence-electron chi connectivity index (χ4n) is 2.51. The number of hydrogen-bond donors (Lipinski definition) is 1. The number of carbonyl (C=O) groups is 1. The molecule has 1 aromatic heterocycles. The quantitative estimate of drug-likeness (QED) is 0.883. The molecular formula is C14H21N3O. The Bertz CT molecular complexity index is 396. The third kappa shape index (κ3) is 3.45. The SMILES string of the molecule is CN(CC1CCCC1)C(=O)Cc1ccc(N)cn1. The van der Waals surface area contributed by atoms with Crippen molar-refractivity contribution in [3.05, 3.63) is 24.0 Å². The second-order valence-electron chi connectivity index (χ2n) is 5.18. The molecule has 0 atom stereocenters. The number of likely N-dealkylation sites (N-methyl/N-ethyl adjacent to an activating group) is 1. The molecule has 98 valence electrons. The topological polar surface area (TPSA) is 59.2 Å². The molecule has 0 aliphatic heterocycles. The van der Waals surface area contributed by atoms with Gasteiger partial charge in [-0.25, -0.2) is 0 Å². The van der Waals surface area contributed by atoms with Crippen LogP contribution in [0, 0.1) is 5.92 Å². The predicted molar refractivity (Wildman–Crippen MR) is 71.9 cm³/mol. The third-order valence-corrected chi connectivity index (χ3v) is 3.61. The summed E-state index contributed by atoms with van der Waals surface area (Å²) in [6.45, 7) is 0.883. The lowest BCUT2D eigenvalue weighted by Crippen LogP contribution is -2.32. The fraction of sp³-hybridized carbons (Fsp3) is 0.571. The molecule has 1 heterocycles. The second-order valence-corrected chi connectivity index (χ2v) is 5.18. The van der Waals surface area contributed by atoms with Gasteiger partial charge in [-0.3, -0.25) is 9.78 Å². The molecule has 0 saturated heterocycles. The van der Waals surface area contributed by atoms with Crippen molar-refractivity contribution in [2.45, 2.75) is 32.1 Å². The lowest BCUT2D eigenvalue weighted by atomic mass is 10.1. The summed E-state index contributed by atoms with van der Waals surface area (Å²) in [5.41, 5.74) is 6.98. The Kier molecular flexibility index (Phi) is 4.18. The first-order valence-electron chi connectivity index (χ1n) is 6.59. The Morgan fingerprint density at radius 2 is 2.17 bits per heavy atom. The molecule has 1 amide bonds. The summed E-state index contributed by atoms with van der Waals surface area (Å²) in [4.78, 5) is 18.0. The van der Waals surface area contributed by atoms with Crippen LogP contribution in [0.2, 0.25) is 0 Å². The van der Waals surface area contributed by atoms with E-state index in [-0.39, 0.29) is 5.91 Å². The van der Waals surface area contributed by atoms with Crippen molar-refractivity contribution in [1.82, 2.24) is 9.88 Å². The van der Waals surface area contributed by atoms with E-state index < -0.39 is 0 Å². The van der Waals surface area contributed by atoms with E-state index in [0.717, 1.165) is 12.2 Å². The number of nitrogens with zero attached hydrogens (tertiary/aromatic N) is 2. The highest BCUT2D eigenvalue weighted by molar-refractivity contribution is 5.78. The van der Waals surface area contributed by atoms with E-state index in [9.17, 15) is 4.79 Å². The molecule has 2 rings (SSSR count). The van der Waals surface area contributed by atoms with Crippen LogP contribution in [-0.4, -0.2) is 29.4 Å². The molecular weight excluding hydrogens is 226 g/mol. The van der Waals surface area contributed by atoms with Gasteiger partial charge in [-0.15, -0.1) is 0 Å². The van der Waals surface area contributed by atoms with Gasteiger partial charge < -0.3 is 10.6 Å². The van der Waals surface area contributed by atoms with Gasteiger partial charge in [0.2, 0.25) is 5.91 Å². The molecule has 4 heteroatoms. The average Bonchev–Trinajstić information content (AvgIpc) is 2.85. The summed E-state index contributed by atoms with van der Waals surface area (Å²) in [6, 6.07) is 3.60. The summed E-state index contributed by atoms with van der Waals surface area (Å²) in [5.74, 6) is 0.831. The lowest BCUT2D eigenvalue weighted by molar-refractivity contribution is -0.129. The molecule has 4 nitrogen and oxygen atoms in total. The largest absolute Gasteiger partial charge is 0.397 e. The summed E-state index contributed by atoms with van der Waals surface area (Å²) in [7, 11) is 1.89. The molecule has 1 aliphatic rings. The minimum atomic E-state index is 0.138. The molecule has 1 saturated carbocycles. The van der Waals surface area contributed by atoms with Crippen LogP contribution in [0.15, 0.2) is 18.3 Å². The first kappa shape index (κ1) is 12.9. The Morgan fingerprint density at radius 1 is 1.44 bits per heavy atom. The minimum absolute atomic E-state index is 0.138. The molecule has 2 N–H and O–H groups in total. The number of amides is 1.